The van der Waals surface area contributed by atoms with Crippen molar-refractivity contribution in [2.24, 2.45) is 5.92 Å². The van der Waals surface area contributed by atoms with E-state index in [-0.39, 0.29) is 12.3 Å². The van der Waals surface area contributed by atoms with Crippen molar-refractivity contribution in [3.63, 3.8) is 0 Å². The zero-order valence-electron chi connectivity index (χ0n) is 11.3. The van der Waals surface area contributed by atoms with Crippen LogP contribution in [0.1, 0.15) is 30.7 Å². The van der Waals surface area contributed by atoms with Crippen molar-refractivity contribution in [3.05, 3.63) is 45.6 Å². The van der Waals surface area contributed by atoms with Crippen molar-refractivity contribution in [1.82, 2.24) is 10.2 Å². The number of aliphatic carboxylic acids is 1. The lowest BCUT2D eigenvalue weighted by Gasteiger charge is -2.03. The summed E-state index contributed by atoms with van der Waals surface area (Å²) in [5.74, 6) is 0.0172. The molecule has 0 aliphatic carbocycles. The molecule has 5 nitrogen and oxygen atoms in total. The van der Waals surface area contributed by atoms with Gasteiger partial charge in [0.1, 0.15) is 0 Å². The number of halogens is 2. The predicted molar refractivity (Wildman–Crippen MR) is 78.7 cm³/mol. The molecule has 7 heteroatoms. The highest BCUT2D eigenvalue weighted by Gasteiger charge is 2.14. The number of carbonyl (C=O) groups is 1. The molecule has 1 heterocycles. The van der Waals surface area contributed by atoms with Gasteiger partial charge in [-0.25, -0.2) is 0 Å². The third-order valence-electron chi connectivity index (χ3n) is 2.89. The maximum Gasteiger partial charge on any atom is 0.303 e. The van der Waals surface area contributed by atoms with Gasteiger partial charge in [-0.2, -0.15) is 0 Å². The monoisotopic (exact) mass is 328 g/mol. The van der Waals surface area contributed by atoms with Crippen molar-refractivity contribution < 1.29 is 14.3 Å². The van der Waals surface area contributed by atoms with E-state index in [0.717, 1.165) is 5.56 Å². The molecule has 1 aromatic carbocycles. The molecule has 0 saturated carbocycles. The molecule has 0 amide bonds. The van der Waals surface area contributed by atoms with Gasteiger partial charge in [0.15, 0.2) is 0 Å². The molecule has 1 unspecified atom stereocenters. The smallest absolute Gasteiger partial charge is 0.303 e. The fourth-order valence-corrected chi connectivity index (χ4v) is 2.26. The third kappa shape index (κ3) is 4.72. The average molecular weight is 329 g/mol. The SMILES string of the molecule is CC(CC(=O)O)Cc1nnc(Cc2ccc(Cl)c(Cl)c2)o1. The average Bonchev–Trinajstić information content (AvgIpc) is 2.80. The van der Waals surface area contributed by atoms with Gasteiger partial charge < -0.3 is 9.52 Å². The van der Waals surface area contributed by atoms with E-state index in [9.17, 15) is 4.79 Å². The molecule has 1 aromatic heterocycles. The normalized spacial score (nSPS) is 12.3. The van der Waals surface area contributed by atoms with Crippen LogP contribution in [0.25, 0.3) is 0 Å². The van der Waals surface area contributed by atoms with E-state index < -0.39 is 5.97 Å². The number of rotatable bonds is 6. The highest BCUT2D eigenvalue weighted by Crippen LogP contribution is 2.23. The highest BCUT2D eigenvalue weighted by molar-refractivity contribution is 6.42. The Morgan fingerprint density at radius 3 is 2.67 bits per heavy atom. The molecule has 0 aliphatic heterocycles. The molecular formula is C14H14Cl2N2O3. The molecule has 112 valence electrons. The highest BCUT2D eigenvalue weighted by atomic mass is 35.5. The molecule has 0 bridgehead atoms. The number of benzene rings is 1. The van der Waals surface area contributed by atoms with E-state index in [1.807, 2.05) is 13.0 Å². The van der Waals surface area contributed by atoms with E-state index in [1.165, 1.54) is 0 Å². The van der Waals surface area contributed by atoms with Gasteiger partial charge in [-0.15, -0.1) is 10.2 Å². The molecule has 1 atom stereocenters. The summed E-state index contributed by atoms with van der Waals surface area (Å²) in [6, 6.07) is 5.30. The van der Waals surface area contributed by atoms with Crippen LogP contribution < -0.4 is 0 Å². The number of aromatic nitrogens is 2. The van der Waals surface area contributed by atoms with Gasteiger partial charge in [0.05, 0.1) is 16.5 Å². The second kappa shape index (κ2) is 6.91. The van der Waals surface area contributed by atoms with Crippen LogP contribution in [0, 0.1) is 5.92 Å². The lowest BCUT2D eigenvalue weighted by atomic mass is 10.0. The fourth-order valence-electron chi connectivity index (χ4n) is 1.93. The molecule has 0 aliphatic rings. The molecule has 2 aromatic rings. The number of hydrogen-bond donors (Lipinski definition) is 1. The van der Waals surface area contributed by atoms with E-state index in [2.05, 4.69) is 10.2 Å². The van der Waals surface area contributed by atoms with Crippen LogP contribution in [0.2, 0.25) is 10.0 Å². The maximum absolute atomic E-state index is 10.6. The first-order chi connectivity index (χ1) is 9.94. The van der Waals surface area contributed by atoms with Gasteiger partial charge in [-0.3, -0.25) is 4.79 Å². The second-order valence-electron chi connectivity index (χ2n) is 4.92. The summed E-state index contributed by atoms with van der Waals surface area (Å²) < 4.78 is 5.52. The summed E-state index contributed by atoms with van der Waals surface area (Å²) in [4.78, 5) is 10.6. The van der Waals surface area contributed by atoms with Crippen molar-refractivity contribution in [3.8, 4) is 0 Å². The molecule has 0 spiro atoms. The van der Waals surface area contributed by atoms with Crippen LogP contribution in [0.5, 0.6) is 0 Å². The zero-order chi connectivity index (χ0) is 15.4. The summed E-state index contributed by atoms with van der Waals surface area (Å²) in [7, 11) is 0. The summed E-state index contributed by atoms with van der Waals surface area (Å²) in [6.07, 6.45) is 0.975. The number of carboxylic acid groups (broad SMARTS) is 1. The molecular weight excluding hydrogens is 315 g/mol. The van der Waals surface area contributed by atoms with Crippen LogP contribution in [0.15, 0.2) is 22.6 Å². The topological polar surface area (TPSA) is 76.2 Å². The standard InChI is InChI=1S/C14H14Cl2N2O3/c1-8(5-14(19)20)4-12-17-18-13(21-12)7-9-2-3-10(15)11(16)6-9/h2-3,6,8H,4-5,7H2,1H3,(H,19,20). The first-order valence-corrected chi connectivity index (χ1v) is 7.16. The van der Waals surface area contributed by atoms with Crippen LogP contribution in [0.3, 0.4) is 0 Å². The fraction of sp³-hybridized carbons (Fsp3) is 0.357. The minimum atomic E-state index is -0.835. The van der Waals surface area contributed by atoms with E-state index in [0.29, 0.717) is 34.7 Å². The molecule has 21 heavy (non-hydrogen) atoms. The van der Waals surface area contributed by atoms with Gasteiger partial charge in [-0.05, 0) is 23.6 Å². The Kier molecular flexibility index (Phi) is 5.20. The Labute approximate surface area is 131 Å². The molecule has 1 N–H and O–H groups in total. The van der Waals surface area contributed by atoms with E-state index in [4.69, 9.17) is 32.7 Å². The van der Waals surface area contributed by atoms with Crippen LogP contribution in [-0.2, 0) is 17.6 Å². The molecule has 0 saturated heterocycles. The lowest BCUT2D eigenvalue weighted by Crippen LogP contribution is -2.07. The van der Waals surface area contributed by atoms with Crippen LogP contribution in [0.4, 0.5) is 0 Å². The van der Waals surface area contributed by atoms with Gasteiger partial charge >= 0.3 is 5.97 Å². The summed E-state index contributed by atoms with van der Waals surface area (Å²) in [5, 5.41) is 17.6. The maximum atomic E-state index is 10.6. The number of hydrogen-bond acceptors (Lipinski definition) is 4. The van der Waals surface area contributed by atoms with E-state index >= 15 is 0 Å². The second-order valence-corrected chi connectivity index (χ2v) is 5.74. The number of carboxylic acids is 1. The minimum Gasteiger partial charge on any atom is -0.481 e. The lowest BCUT2D eigenvalue weighted by molar-refractivity contribution is -0.137. The van der Waals surface area contributed by atoms with Gasteiger partial charge in [0.25, 0.3) is 0 Å². The molecule has 2 rings (SSSR count). The Balaban J connectivity index is 1.99. The van der Waals surface area contributed by atoms with Crippen molar-refractivity contribution >= 4 is 29.2 Å². The quantitative estimate of drug-likeness (QED) is 0.876. The summed E-state index contributed by atoms with van der Waals surface area (Å²) >= 11 is 11.8. The Morgan fingerprint density at radius 2 is 2.00 bits per heavy atom. The summed E-state index contributed by atoms with van der Waals surface area (Å²) in [6.45, 7) is 1.83. The summed E-state index contributed by atoms with van der Waals surface area (Å²) in [5.41, 5.74) is 0.915. The van der Waals surface area contributed by atoms with Crippen molar-refractivity contribution in [1.29, 1.82) is 0 Å². The van der Waals surface area contributed by atoms with Gasteiger partial charge in [0, 0.05) is 12.8 Å². The van der Waals surface area contributed by atoms with Gasteiger partial charge in [0.2, 0.25) is 11.8 Å². The van der Waals surface area contributed by atoms with Crippen molar-refractivity contribution in [2.75, 3.05) is 0 Å². The third-order valence-corrected chi connectivity index (χ3v) is 3.63. The zero-order valence-corrected chi connectivity index (χ0v) is 12.9. The minimum absolute atomic E-state index is 0.0548. The van der Waals surface area contributed by atoms with Gasteiger partial charge in [-0.1, -0.05) is 36.2 Å². The van der Waals surface area contributed by atoms with Crippen LogP contribution in [-0.4, -0.2) is 21.3 Å². The Hall–Kier alpha value is -1.59. The van der Waals surface area contributed by atoms with Crippen LogP contribution >= 0.6 is 23.2 Å². The molecule has 0 radical (unpaired) electrons. The Morgan fingerprint density at radius 1 is 1.29 bits per heavy atom. The Bertz CT molecular complexity index is 643. The molecule has 0 fully saturated rings. The largest absolute Gasteiger partial charge is 0.481 e. The van der Waals surface area contributed by atoms with Crippen molar-refractivity contribution in [2.45, 2.75) is 26.2 Å². The first-order valence-electron chi connectivity index (χ1n) is 6.41. The van der Waals surface area contributed by atoms with E-state index in [1.54, 1.807) is 12.1 Å². The number of nitrogens with zero attached hydrogens (tertiary/aromatic N) is 2. The first kappa shape index (κ1) is 15.8. The predicted octanol–water partition coefficient (Wildman–Crippen LogP) is 3.62.